The number of nitrogens with one attached hydrogen (secondary N) is 2. The van der Waals surface area contributed by atoms with E-state index in [2.05, 4.69) is 38.4 Å². The first-order valence-electron chi connectivity index (χ1n) is 8.58. The third kappa shape index (κ3) is 3.30. The number of amides is 1. The zero-order chi connectivity index (χ0) is 18.2. The van der Waals surface area contributed by atoms with Crippen molar-refractivity contribution in [3.63, 3.8) is 0 Å². The first-order valence-corrected chi connectivity index (χ1v) is 9.38. The first kappa shape index (κ1) is 17.9. The lowest BCUT2D eigenvalue weighted by atomic mass is 9.64. The number of carbonyl (C=O) groups excluding carboxylic acids is 2. The summed E-state index contributed by atoms with van der Waals surface area (Å²) >= 11 is 3.53. The van der Waals surface area contributed by atoms with Crippen LogP contribution in [-0.4, -0.2) is 23.2 Å². The van der Waals surface area contributed by atoms with Gasteiger partial charge in [-0.1, -0.05) is 34.5 Å². The van der Waals surface area contributed by atoms with Crippen molar-refractivity contribution in [2.75, 3.05) is 6.54 Å². The summed E-state index contributed by atoms with van der Waals surface area (Å²) in [5, 5.41) is 3.08. The van der Waals surface area contributed by atoms with E-state index in [9.17, 15) is 9.59 Å². The van der Waals surface area contributed by atoms with Crippen molar-refractivity contribution in [1.29, 1.82) is 0 Å². The Labute approximate surface area is 156 Å². The molecule has 3 rings (SSSR count). The quantitative estimate of drug-likeness (QED) is 0.725. The van der Waals surface area contributed by atoms with Crippen LogP contribution in [0, 0.1) is 13.8 Å². The van der Waals surface area contributed by atoms with E-state index in [-0.39, 0.29) is 17.1 Å². The third-order valence-electron chi connectivity index (χ3n) is 5.35. The highest BCUT2D eigenvalue weighted by Gasteiger charge is 2.39. The summed E-state index contributed by atoms with van der Waals surface area (Å²) in [6, 6.07) is 8.33. The number of hydrogen-bond acceptors (Lipinski definition) is 2. The van der Waals surface area contributed by atoms with Crippen LogP contribution in [0.4, 0.5) is 0 Å². The summed E-state index contributed by atoms with van der Waals surface area (Å²) < 4.78 is 1.06. The molecule has 1 saturated carbocycles. The molecule has 5 heteroatoms. The minimum Gasteiger partial charge on any atom is -0.354 e. The molecular weight excluding hydrogens is 380 g/mol. The molecule has 0 unspecified atom stereocenters. The number of hydrogen-bond donors (Lipinski definition) is 2. The van der Waals surface area contributed by atoms with Crippen molar-refractivity contribution in [2.24, 2.45) is 0 Å². The highest BCUT2D eigenvalue weighted by Crippen LogP contribution is 2.43. The molecular formula is C20H23BrN2O2. The van der Waals surface area contributed by atoms with Crippen LogP contribution in [0.5, 0.6) is 0 Å². The second-order valence-corrected chi connectivity index (χ2v) is 7.92. The van der Waals surface area contributed by atoms with Gasteiger partial charge in [-0.2, -0.15) is 0 Å². The summed E-state index contributed by atoms with van der Waals surface area (Å²) in [5.41, 5.74) is 3.87. The van der Waals surface area contributed by atoms with E-state index in [4.69, 9.17) is 0 Å². The Morgan fingerprint density at radius 3 is 2.52 bits per heavy atom. The minimum absolute atomic E-state index is 0.0123. The molecule has 0 aliphatic heterocycles. The van der Waals surface area contributed by atoms with E-state index in [0.29, 0.717) is 17.8 Å². The zero-order valence-corrected chi connectivity index (χ0v) is 16.4. The van der Waals surface area contributed by atoms with Gasteiger partial charge in [0.15, 0.2) is 5.78 Å². The van der Waals surface area contributed by atoms with E-state index in [1.165, 1.54) is 18.9 Å². The number of carbonyl (C=O) groups is 2. The van der Waals surface area contributed by atoms with Crippen LogP contribution < -0.4 is 5.32 Å². The number of rotatable bonds is 5. The second-order valence-electron chi connectivity index (χ2n) is 7.01. The predicted octanol–water partition coefficient (Wildman–Crippen LogP) is 4.45. The van der Waals surface area contributed by atoms with Crippen molar-refractivity contribution < 1.29 is 9.59 Å². The minimum atomic E-state index is -0.144. The van der Waals surface area contributed by atoms with Crippen molar-refractivity contribution >= 4 is 27.6 Å². The molecule has 1 aliphatic carbocycles. The Balaban J connectivity index is 1.78. The van der Waals surface area contributed by atoms with Gasteiger partial charge in [0.25, 0.3) is 5.91 Å². The lowest BCUT2D eigenvalue weighted by molar-refractivity contribution is 0.0922. The maximum absolute atomic E-state index is 12.7. The maximum atomic E-state index is 12.7. The SMILES string of the molecule is CC(=O)c1c(C)[nH]c(C(=O)NCC2(c3cccc(Br)c3)CCC2)c1C. The van der Waals surface area contributed by atoms with Crippen LogP contribution in [0.25, 0.3) is 0 Å². The smallest absolute Gasteiger partial charge is 0.268 e. The van der Waals surface area contributed by atoms with Crippen LogP contribution in [-0.2, 0) is 5.41 Å². The fraction of sp³-hybridized carbons (Fsp3) is 0.400. The highest BCUT2D eigenvalue weighted by atomic mass is 79.9. The summed E-state index contributed by atoms with van der Waals surface area (Å²) in [7, 11) is 0. The van der Waals surface area contributed by atoms with Gasteiger partial charge in [0.05, 0.1) is 0 Å². The van der Waals surface area contributed by atoms with Crippen molar-refractivity contribution in [2.45, 2.75) is 45.4 Å². The summed E-state index contributed by atoms with van der Waals surface area (Å²) in [6.07, 6.45) is 3.33. The highest BCUT2D eigenvalue weighted by molar-refractivity contribution is 9.10. The number of benzene rings is 1. The molecule has 1 aromatic carbocycles. The summed E-state index contributed by atoms with van der Waals surface area (Å²) in [6.45, 7) is 5.79. The second kappa shape index (κ2) is 6.79. The number of H-pyrrole nitrogens is 1. The van der Waals surface area contributed by atoms with E-state index >= 15 is 0 Å². The molecule has 0 atom stereocenters. The Bertz CT molecular complexity index is 834. The fourth-order valence-electron chi connectivity index (χ4n) is 3.83. The Morgan fingerprint density at radius 2 is 2.00 bits per heavy atom. The molecule has 1 aliphatic rings. The first-order chi connectivity index (χ1) is 11.8. The van der Waals surface area contributed by atoms with Crippen molar-refractivity contribution in [1.82, 2.24) is 10.3 Å². The van der Waals surface area contributed by atoms with Crippen LogP contribution in [0.1, 0.15) is 63.9 Å². The molecule has 1 aromatic heterocycles. The molecule has 1 fully saturated rings. The summed E-state index contributed by atoms with van der Waals surface area (Å²) in [4.78, 5) is 27.5. The van der Waals surface area contributed by atoms with Gasteiger partial charge in [-0.25, -0.2) is 0 Å². The van der Waals surface area contributed by atoms with Gasteiger partial charge in [-0.3, -0.25) is 9.59 Å². The topological polar surface area (TPSA) is 62.0 Å². The molecule has 132 valence electrons. The maximum Gasteiger partial charge on any atom is 0.268 e. The molecule has 4 nitrogen and oxygen atoms in total. The van der Waals surface area contributed by atoms with Crippen molar-refractivity contribution in [3.8, 4) is 0 Å². The number of aryl methyl sites for hydroxylation is 1. The molecule has 1 amide bonds. The molecule has 2 aromatic rings. The normalized spacial score (nSPS) is 15.5. The molecule has 25 heavy (non-hydrogen) atoms. The van der Waals surface area contributed by atoms with E-state index < -0.39 is 0 Å². The number of Topliss-reactive ketones (excluding diaryl/α,β-unsaturated/α-hetero) is 1. The molecule has 0 radical (unpaired) electrons. The average molecular weight is 403 g/mol. The summed E-state index contributed by atoms with van der Waals surface area (Å²) in [5.74, 6) is -0.163. The van der Waals surface area contributed by atoms with Crippen LogP contribution in [0.2, 0.25) is 0 Å². The van der Waals surface area contributed by atoms with E-state index in [1.807, 2.05) is 26.0 Å². The third-order valence-corrected chi connectivity index (χ3v) is 5.84. The number of aromatic amines is 1. The van der Waals surface area contributed by atoms with Gasteiger partial charge in [0.2, 0.25) is 0 Å². The van der Waals surface area contributed by atoms with Gasteiger partial charge in [0.1, 0.15) is 5.69 Å². The van der Waals surface area contributed by atoms with Gasteiger partial charge in [0, 0.05) is 27.7 Å². The largest absolute Gasteiger partial charge is 0.354 e. The van der Waals surface area contributed by atoms with Gasteiger partial charge in [-0.15, -0.1) is 0 Å². The Morgan fingerprint density at radius 1 is 1.28 bits per heavy atom. The van der Waals surface area contributed by atoms with E-state index in [0.717, 1.165) is 28.6 Å². The lowest BCUT2D eigenvalue weighted by Gasteiger charge is -2.42. The molecule has 0 bridgehead atoms. The fourth-order valence-corrected chi connectivity index (χ4v) is 4.23. The van der Waals surface area contributed by atoms with E-state index in [1.54, 1.807) is 0 Å². The zero-order valence-electron chi connectivity index (χ0n) is 14.8. The van der Waals surface area contributed by atoms with Crippen LogP contribution in [0.3, 0.4) is 0 Å². The van der Waals surface area contributed by atoms with Crippen molar-refractivity contribution in [3.05, 3.63) is 56.8 Å². The van der Waals surface area contributed by atoms with Crippen LogP contribution >= 0.6 is 15.9 Å². The van der Waals surface area contributed by atoms with Gasteiger partial charge in [-0.05, 0) is 56.9 Å². The van der Waals surface area contributed by atoms with Gasteiger partial charge < -0.3 is 10.3 Å². The standard InChI is InChI=1S/C20H23BrN2O2/c1-12-17(14(3)24)13(2)23-18(12)19(25)22-11-20(8-5-9-20)15-6-4-7-16(21)10-15/h4,6-7,10,23H,5,8-9,11H2,1-3H3,(H,22,25). The number of ketones is 1. The molecule has 0 saturated heterocycles. The lowest BCUT2D eigenvalue weighted by Crippen LogP contribution is -2.45. The number of halogens is 1. The molecule has 1 heterocycles. The molecule has 0 spiro atoms. The average Bonchev–Trinajstić information content (AvgIpc) is 2.81. The van der Waals surface area contributed by atoms with Crippen LogP contribution in [0.15, 0.2) is 28.7 Å². The monoisotopic (exact) mass is 402 g/mol. The number of aromatic nitrogens is 1. The predicted molar refractivity (Wildman–Crippen MR) is 102 cm³/mol. The molecule has 2 N–H and O–H groups in total. The Kier molecular flexibility index (Phi) is 4.87. The van der Waals surface area contributed by atoms with Gasteiger partial charge >= 0.3 is 0 Å². The Hall–Kier alpha value is -1.88.